The van der Waals surface area contributed by atoms with Gasteiger partial charge in [0.1, 0.15) is 0 Å². The molecule has 0 nitrogen and oxygen atoms in total. The molecule has 0 bridgehead atoms. The standard InChI is InChI=1S/C15H16/c1-12-8-9-15(11-13(2)10-12)14-6-4-3-5-7-14/h3-8,10-11H,9H2,1-2H3. The lowest BCUT2D eigenvalue weighted by atomic mass is 10.0. The molecule has 0 atom stereocenters. The average molecular weight is 196 g/mol. The molecule has 2 rings (SSSR count). The summed E-state index contributed by atoms with van der Waals surface area (Å²) in [6.07, 6.45) is 7.83. The number of benzene rings is 1. The molecular formula is C15H16. The molecule has 1 aliphatic rings. The molecule has 0 aliphatic heterocycles. The van der Waals surface area contributed by atoms with E-state index in [9.17, 15) is 0 Å². The van der Waals surface area contributed by atoms with Crippen LogP contribution in [0.4, 0.5) is 0 Å². The third kappa shape index (κ3) is 2.47. The van der Waals surface area contributed by atoms with Crippen LogP contribution in [0.3, 0.4) is 0 Å². The zero-order valence-corrected chi connectivity index (χ0v) is 9.33. The van der Waals surface area contributed by atoms with E-state index in [0.717, 1.165) is 6.42 Å². The quantitative estimate of drug-likeness (QED) is 0.625. The number of hydrogen-bond acceptors (Lipinski definition) is 0. The first-order valence-corrected chi connectivity index (χ1v) is 5.37. The molecule has 76 valence electrons. The van der Waals surface area contributed by atoms with Gasteiger partial charge in [0.25, 0.3) is 0 Å². The minimum Gasteiger partial charge on any atom is -0.0772 e. The van der Waals surface area contributed by atoms with Crippen LogP contribution >= 0.6 is 0 Å². The molecule has 0 heterocycles. The molecule has 0 spiro atoms. The lowest BCUT2D eigenvalue weighted by Gasteiger charge is -2.03. The van der Waals surface area contributed by atoms with Gasteiger partial charge in [-0.05, 0) is 31.4 Å². The van der Waals surface area contributed by atoms with Gasteiger partial charge in [0, 0.05) is 0 Å². The Kier molecular flexibility index (Phi) is 2.86. The fourth-order valence-electron chi connectivity index (χ4n) is 1.92. The molecule has 1 aliphatic carbocycles. The van der Waals surface area contributed by atoms with Gasteiger partial charge in [0.2, 0.25) is 0 Å². The molecule has 15 heavy (non-hydrogen) atoms. The topological polar surface area (TPSA) is 0 Å². The second kappa shape index (κ2) is 4.31. The van der Waals surface area contributed by atoms with Gasteiger partial charge < -0.3 is 0 Å². The van der Waals surface area contributed by atoms with Crippen LogP contribution in [0, 0.1) is 0 Å². The van der Waals surface area contributed by atoms with E-state index in [1.807, 2.05) is 0 Å². The first-order chi connectivity index (χ1) is 7.25. The fourth-order valence-corrected chi connectivity index (χ4v) is 1.92. The molecule has 0 amide bonds. The third-order valence-electron chi connectivity index (χ3n) is 2.65. The van der Waals surface area contributed by atoms with E-state index >= 15 is 0 Å². The Morgan fingerprint density at radius 1 is 0.867 bits per heavy atom. The van der Waals surface area contributed by atoms with Gasteiger partial charge in [-0.3, -0.25) is 0 Å². The summed E-state index contributed by atoms with van der Waals surface area (Å²) in [5.41, 5.74) is 5.42. The SMILES string of the molecule is CC1=CCC(c2ccccc2)=CC(C)=C1. The highest BCUT2D eigenvalue weighted by Gasteiger charge is 2.02. The fraction of sp³-hybridized carbons (Fsp3) is 0.200. The van der Waals surface area contributed by atoms with Crippen molar-refractivity contribution < 1.29 is 0 Å². The Hall–Kier alpha value is -1.56. The number of hydrogen-bond donors (Lipinski definition) is 0. The average Bonchev–Trinajstić information content (AvgIpc) is 2.41. The van der Waals surface area contributed by atoms with Crippen LogP contribution in [0.15, 0.2) is 59.7 Å². The summed E-state index contributed by atoms with van der Waals surface area (Å²) in [6.45, 7) is 4.32. The van der Waals surface area contributed by atoms with Crippen LogP contribution in [0.25, 0.3) is 5.57 Å². The summed E-state index contributed by atoms with van der Waals surface area (Å²) >= 11 is 0. The highest BCUT2D eigenvalue weighted by Crippen LogP contribution is 2.24. The Balaban J connectivity index is 2.37. The van der Waals surface area contributed by atoms with E-state index in [1.54, 1.807) is 0 Å². The number of rotatable bonds is 1. The van der Waals surface area contributed by atoms with Gasteiger partial charge in [-0.15, -0.1) is 0 Å². The summed E-state index contributed by atoms with van der Waals surface area (Å²) in [5.74, 6) is 0. The van der Waals surface area contributed by atoms with Gasteiger partial charge >= 0.3 is 0 Å². The summed E-state index contributed by atoms with van der Waals surface area (Å²) in [5, 5.41) is 0. The van der Waals surface area contributed by atoms with E-state index in [4.69, 9.17) is 0 Å². The molecule has 0 aromatic heterocycles. The van der Waals surface area contributed by atoms with Gasteiger partial charge in [-0.1, -0.05) is 59.7 Å². The molecule has 1 aromatic carbocycles. The zero-order valence-electron chi connectivity index (χ0n) is 9.33. The molecule has 0 unspecified atom stereocenters. The van der Waals surface area contributed by atoms with Gasteiger partial charge in [0.05, 0.1) is 0 Å². The molecule has 0 radical (unpaired) electrons. The van der Waals surface area contributed by atoms with Crippen LogP contribution < -0.4 is 0 Å². The predicted molar refractivity (Wildman–Crippen MR) is 66.6 cm³/mol. The van der Waals surface area contributed by atoms with Crippen molar-refractivity contribution >= 4 is 5.57 Å². The molecule has 1 aromatic rings. The van der Waals surface area contributed by atoms with Crippen molar-refractivity contribution in [3.63, 3.8) is 0 Å². The Morgan fingerprint density at radius 3 is 2.33 bits per heavy atom. The lowest BCUT2D eigenvalue weighted by molar-refractivity contribution is 1.35. The monoisotopic (exact) mass is 196 g/mol. The Bertz CT molecular complexity index is 430. The first kappa shape index (κ1) is 9.97. The summed E-state index contributed by atoms with van der Waals surface area (Å²) in [6, 6.07) is 10.6. The van der Waals surface area contributed by atoms with Crippen molar-refractivity contribution in [2.45, 2.75) is 20.3 Å². The van der Waals surface area contributed by atoms with Crippen molar-refractivity contribution in [2.75, 3.05) is 0 Å². The van der Waals surface area contributed by atoms with Crippen molar-refractivity contribution in [1.82, 2.24) is 0 Å². The minimum absolute atomic E-state index is 1.03. The van der Waals surface area contributed by atoms with Crippen LogP contribution in [-0.2, 0) is 0 Å². The predicted octanol–water partition coefficient (Wildman–Crippen LogP) is 4.37. The van der Waals surface area contributed by atoms with Crippen molar-refractivity contribution in [3.8, 4) is 0 Å². The Morgan fingerprint density at radius 2 is 1.60 bits per heavy atom. The van der Waals surface area contributed by atoms with E-state index in [0.29, 0.717) is 0 Å². The van der Waals surface area contributed by atoms with Gasteiger partial charge in [-0.2, -0.15) is 0 Å². The second-order valence-corrected chi connectivity index (χ2v) is 4.08. The summed E-state index contributed by atoms with van der Waals surface area (Å²) < 4.78 is 0. The van der Waals surface area contributed by atoms with E-state index in [2.05, 4.69) is 62.4 Å². The van der Waals surface area contributed by atoms with Crippen LogP contribution in [0.1, 0.15) is 25.8 Å². The maximum Gasteiger partial charge on any atom is -0.00857 e. The van der Waals surface area contributed by atoms with Crippen molar-refractivity contribution in [2.24, 2.45) is 0 Å². The zero-order chi connectivity index (χ0) is 10.7. The Labute approximate surface area is 91.6 Å². The second-order valence-electron chi connectivity index (χ2n) is 4.08. The van der Waals surface area contributed by atoms with E-state index < -0.39 is 0 Å². The molecule has 0 saturated heterocycles. The van der Waals surface area contributed by atoms with E-state index in [1.165, 1.54) is 22.3 Å². The molecular weight excluding hydrogens is 180 g/mol. The molecule has 0 saturated carbocycles. The summed E-state index contributed by atoms with van der Waals surface area (Å²) in [7, 11) is 0. The highest BCUT2D eigenvalue weighted by molar-refractivity contribution is 5.70. The molecule has 0 N–H and O–H groups in total. The first-order valence-electron chi connectivity index (χ1n) is 5.37. The normalized spacial score (nSPS) is 16.3. The van der Waals surface area contributed by atoms with Crippen LogP contribution in [-0.4, -0.2) is 0 Å². The molecule has 0 heteroatoms. The largest absolute Gasteiger partial charge is 0.0772 e. The summed E-state index contributed by atoms with van der Waals surface area (Å²) in [4.78, 5) is 0. The number of allylic oxidation sites excluding steroid dienone is 6. The van der Waals surface area contributed by atoms with Crippen LogP contribution in [0.5, 0.6) is 0 Å². The van der Waals surface area contributed by atoms with Gasteiger partial charge in [-0.25, -0.2) is 0 Å². The van der Waals surface area contributed by atoms with E-state index in [-0.39, 0.29) is 0 Å². The minimum atomic E-state index is 1.03. The lowest BCUT2D eigenvalue weighted by Crippen LogP contribution is -1.82. The van der Waals surface area contributed by atoms with Gasteiger partial charge in [0.15, 0.2) is 0 Å². The smallest absolute Gasteiger partial charge is 0.00857 e. The highest BCUT2D eigenvalue weighted by atomic mass is 14.1. The third-order valence-corrected chi connectivity index (χ3v) is 2.65. The maximum absolute atomic E-state index is 2.29. The van der Waals surface area contributed by atoms with Crippen LogP contribution in [0.2, 0.25) is 0 Å². The molecule has 0 fully saturated rings. The van der Waals surface area contributed by atoms with Crippen molar-refractivity contribution in [3.05, 3.63) is 65.3 Å². The maximum atomic E-state index is 2.29. The van der Waals surface area contributed by atoms with Crippen molar-refractivity contribution in [1.29, 1.82) is 0 Å².